The van der Waals surface area contributed by atoms with Gasteiger partial charge in [0.25, 0.3) is 0 Å². The summed E-state index contributed by atoms with van der Waals surface area (Å²) in [5.74, 6) is 0.885. The molecule has 0 aliphatic heterocycles. The minimum atomic E-state index is -4.75. The van der Waals surface area contributed by atoms with Crippen molar-refractivity contribution >= 4 is 29.9 Å². The third-order valence-corrected chi connectivity index (χ3v) is 3.91. The number of rotatable bonds is 8. The van der Waals surface area contributed by atoms with Crippen LogP contribution >= 0.6 is 24.0 Å². The van der Waals surface area contributed by atoms with Gasteiger partial charge in [0.15, 0.2) is 5.96 Å². The highest BCUT2D eigenvalue weighted by atomic mass is 127. The first-order valence-electron chi connectivity index (χ1n) is 9.00. The highest BCUT2D eigenvalue weighted by Crippen LogP contribution is 2.24. The Hall–Kier alpha value is -2.21. The third-order valence-electron chi connectivity index (χ3n) is 3.91. The van der Waals surface area contributed by atoms with E-state index in [1.807, 2.05) is 31.2 Å². The molecule has 30 heavy (non-hydrogen) atoms. The van der Waals surface area contributed by atoms with Gasteiger partial charge in [0, 0.05) is 18.7 Å². The number of hydrogen-bond donors (Lipinski definition) is 3. The Balaban J connectivity index is 0.00000450. The Bertz CT molecular complexity index is 802. The van der Waals surface area contributed by atoms with Gasteiger partial charge < -0.3 is 25.2 Å². The molecule has 2 aromatic rings. The molecule has 1 unspecified atom stereocenters. The second-order valence-corrected chi connectivity index (χ2v) is 6.02. The number of nitrogens with one attached hydrogen (secondary N) is 2. The Labute approximate surface area is 190 Å². The Morgan fingerprint density at radius 1 is 1.10 bits per heavy atom. The summed E-state index contributed by atoms with van der Waals surface area (Å²) >= 11 is 0. The Kier molecular flexibility index (Phi) is 10.7. The van der Waals surface area contributed by atoms with Crippen LogP contribution in [0.5, 0.6) is 11.5 Å². The topological polar surface area (TPSA) is 75.1 Å². The summed E-state index contributed by atoms with van der Waals surface area (Å²) in [5, 5.41) is 16.4. The van der Waals surface area contributed by atoms with Crippen molar-refractivity contribution in [3.8, 4) is 11.5 Å². The molecule has 166 valence electrons. The van der Waals surface area contributed by atoms with Crippen molar-refractivity contribution in [3.05, 3.63) is 59.7 Å². The summed E-state index contributed by atoms with van der Waals surface area (Å²) < 4.78 is 45.8. The van der Waals surface area contributed by atoms with E-state index in [0.717, 1.165) is 23.4 Å². The average molecular weight is 539 g/mol. The zero-order valence-electron chi connectivity index (χ0n) is 16.6. The number of halogens is 4. The molecule has 0 aliphatic carbocycles. The number of aliphatic imine (C=N–C) groups is 1. The van der Waals surface area contributed by atoms with E-state index in [2.05, 4.69) is 20.4 Å². The molecule has 0 heterocycles. The molecule has 0 bridgehead atoms. The fourth-order valence-corrected chi connectivity index (χ4v) is 2.54. The highest BCUT2D eigenvalue weighted by Gasteiger charge is 2.31. The van der Waals surface area contributed by atoms with Crippen molar-refractivity contribution in [2.75, 3.05) is 20.2 Å². The number of aliphatic hydroxyl groups excluding tert-OH is 1. The van der Waals surface area contributed by atoms with Gasteiger partial charge >= 0.3 is 6.36 Å². The normalized spacial score (nSPS) is 12.5. The van der Waals surface area contributed by atoms with Gasteiger partial charge in [0.1, 0.15) is 11.5 Å². The fourth-order valence-electron chi connectivity index (χ4n) is 2.54. The Morgan fingerprint density at radius 3 is 2.37 bits per heavy atom. The number of aliphatic hydroxyl groups is 1. The largest absolute Gasteiger partial charge is 0.573 e. The highest BCUT2D eigenvalue weighted by molar-refractivity contribution is 14.0. The number of alkyl halides is 3. The second-order valence-electron chi connectivity index (χ2n) is 6.02. The zero-order valence-corrected chi connectivity index (χ0v) is 18.9. The van der Waals surface area contributed by atoms with Crippen molar-refractivity contribution in [3.63, 3.8) is 0 Å². The molecule has 0 radical (unpaired) electrons. The predicted molar refractivity (Wildman–Crippen MR) is 119 cm³/mol. The van der Waals surface area contributed by atoms with E-state index in [4.69, 9.17) is 4.74 Å². The van der Waals surface area contributed by atoms with Crippen LogP contribution < -0.4 is 20.1 Å². The van der Waals surface area contributed by atoms with E-state index in [9.17, 15) is 18.3 Å². The molecule has 0 saturated heterocycles. The number of guanidine groups is 1. The second kappa shape index (κ2) is 12.5. The molecule has 6 nitrogen and oxygen atoms in total. The summed E-state index contributed by atoms with van der Waals surface area (Å²) in [6.07, 6.45) is -5.69. The van der Waals surface area contributed by atoms with Gasteiger partial charge in [-0.25, -0.2) is 4.99 Å². The number of nitrogens with zero attached hydrogens (tertiary/aromatic N) is 1. The van der Waals surface area contributed by atoms with Gasteiger partial charge in [-0.3, -0.25) is 0 Å². The van der Waals surface area contributed by atoms with Crippen LogP contribution in [0.3, 0.4) is 0 Å². The molecule has 2 rings (SSSR count). The third kappa shape index (κ3) is 8.66. The zero-order chi connectivity index (χ0) is 21.3. The maximum absolute atomic E-state index is 12.2. The van der Waals surface area contributed by atoms with Crippen LogP contribution in [-0.4, -0.2) is 37.6 Å². The molecule has 0 saturated carbocycles. The molecular weight excluding hydrogens is 514 g/mol. The lowest BCUT2D eigenvalue weighted by Crippen LogP contribution is -2.39. The van der Waals surface area contributed by atoms with Crippen molar-refractivity contribution in [2.24, 2.45) is 4.99 Å². The number of para-hydroxylation sites is 1. The molecule has 10 heteroatoms. The van der Waals surface area contributed by atoms with Crippen LogP contribution in [0.2, 0.25) is 0 Å². The van der Waals surface area contributed by atoms with Gasteiger partial charge in [0.05, 0.1) is 19.8 Å². The van der Waals surface area contributed by atoms with Crippen LogP contribution in [0.15, 0.2) is 53.5 Å². The summed E-state index contributed by atoms with van der Waals surface area (Å²) in [7, 11) is 1.59. The fraction of sp³-hybridized carbons (Fsp3) is 0.350. The minimum absolute atomic E-state index is 0. The first kappa shape index (κ1) is 25.8. The average Bonchev–Trinajstić information content (AvgIpc) is 2.69. The molecule has 0 aromatic heterocycles. The maximum atomic E-state index is 12.2. The number of ether oxygens (including phenoxy) is 2. The van der Waals surface area contributed by atoms with Crippen LogP contribution in [-0.2, 0) is 6.54 Å². The van der Waals surface area contributed by atoms with Crippen LogP contribution in [0.1, 0.15) is 24.2 Å². The van der Waals surface area contributed by atoms with Gasteiger partial charge in [-0.1, -0.05) is 30.3 Å². The van der Waals surface area contributed by atoms with E-state index in [1.165, 1.54) is 12.1 Å². The first-order valence-corrected chi connectivity index (χ1v) is 9.00. The van der Waals surface area contributed by atoms with Crippen molar-refractivity contribution < 1.29 is 27.8 Å². The van der Waals surface area contributed by atoms with Crippen molar-refractivity contribution in [1.29, 1.82) is 0 Å². The lowest BCUT2D eigenvalue weighted by molar-refractivity contribution is -0.274. The molecule has 3 N–H and O–H groups in total. The van der Waals surface area contributed by atoms with Gasteiger partial charge in [-0.05, 0) is 30.7 Å². The first-order chi connectivity index (χ1) is 13.8. The number of methoxy groups -OCH3 is 1. The molecule has 1 atom stereocenters. The van der Waals surface area contributed by atoms with Crippen LogP contribution in [0, 0.1) is 0 Å². The van der Waals surface area contributed by atoms with E-state index >= 15 is 0 Å². The predicted octanol–water partition coefficient (Wildman–Crippen LogP) is 4.00. The van der Waals surface area contributed by atoms with Gasteiger partial charge in [-0.15, -0.1) is 37.1 Å². The van der Waals surface area contributed by atoms with Crippen LogP contribution in [0.4, 0.5) is 13.2 Å². The lowest BCUT2D eigenvalue weighted by Gasteiger charge is -2.16. The van der Waals surface area contributed by atoms with Crippen molar-refractivity contribution in [1.82, 2.24) is 10.6 Å². The number of benzene rings is 2. The summed E-state index contributed by atoms with van der Waals surface area (Å²) in [5.41, 5.74) is 1.36. The van der Waals surface area contributed by atoms with E-state index < -0.39 is 12.5 Å². The standard InChI is InChI=1S/C20H24F3N3O3.HI/c1-3-24-19(25-12-15-6-4-5-7-18(15)28-2)26-13-17(27)14-8-10-16(11-9-14)29-20(21,22)23;/h4-11,17,27H,3,12-13H2,1-2H3,(H2,24,25,26);1H. The van der Waals surface area contributed by atoms with E-state index in [0.29, 0.717) is 24.6 Å². The Morgan fingerprint density at radius 2 is 1.77 bits per heavy atom. The molecule has 0 amide bonds. The maximum Gasteiger partial charge on any atom is 0.573 e. The van der Waals surface area contributed by atoms with Crippen LogP contribution in [0.25, 0.3) is 0 Å². The number of hydrogen-bond acceptors (Lipinski definition) is 4. The summed E-state index contributed by atoms with van der Waals surface area (Å²) in [6, 6.07) is 12.6. The van der Waals surface area contributed by atoms with Gasteiger partial charge in [0.2, 0.25) is 0 Å². The summed E-state index contributed by atoms with van der Waals surface area (Å²) in [6.45, 7) is 3.03. The molecule has 2 aromatic carbocycles. The molecular formula is C20H25F3IN3O3. The van der Waals surface area contributed by atoms with Gasteiger partial charge in [-0.2, -0.15) is 0 Å². The molecule has 0 spiro atoms. The summed E-state index contributed by atoms with van der Waals surface area (Å²) in [4.78, 5) is 4.47. The quantitative estimate of drug-likeness (QED) is 0.269. The minimum Gasteiger partial charge on any atom is -0.496 e. The SMILES string of the molecule is CCNC(=NCc1ccccc1OC)NCC(O)c1ccc(OC(F)(F)F)cc1.I. The van der Waals surface area contributed by atoms with E-state index in [-0.39, 0.29) is 36.3 Å². The van der Waals surface area contributed by atoms with E-state index in [1.54, 1.807) is 7.11 Å². The molecule has 0 aliphatic rings. The lowest BCUT2D eigenvalue weighted by atomic mass is 10.1. The molecule has 0 fully saturated rings. The monoisotopic (exact) mass is 539 g/mol. The smallest absolute Gasteiger partial charge is 0.496 e. The van der Waals surface area contributed by atoms with Crippen molar-refractivity contribution in [2.45, 2.75) is 25.9 Å².